The number of aliphatic imine (C=N–C) groups is 2. The third-order valence-corrected chi connectivity index (χ3v) is 5.83. The van der Waals surface area contributed by atoms with E-state index in [4.69, 9.17) is 20.6 Å². The first-order valence-electron chi connectivity index (χ1n) is 11.5. The van der Waals surface area contributed by atoms with Gasteiger partial charge in [0.1, 0.15) is 0 Å². The molecule has 2 aromatic carbocycles. The molecule has 3 heterocycles. The van der Waals surface area contributed by atoms with Crippen LogP contribution in [0.1, 0.15) is 16.7 Å². The minimum Gasteiger partial charge on any atom is -0.407 e. The second-order valence-electron chi connectivity index (χ2n) is 8.14. The van der Waals surface area contributed by atoms with Crippen molar-refractivity contribution >= 4 is 34.9 Å². The van der Waals surface area contributed by atoms with Crippen molar-refractivity contribution in [2.24, 2.45) is 15.7 Å². The van der Waals surface area contributed by atoms with Crippen LogP contribution in [0, 0.1) is 5.41 Å². The number of ether oxygens (including phenoxy) is 2. The van der Waals surface area contributed by atoms with E-state index >= 15 is 0 Å². The van der Waals surface area contributed by atoms with Crippen LogP contribution in [0.15, 0.2) is 83.0 Å². The van der Waals surface area contributed by atoms with Gasteiger partial charge < -0.3 is 25.4 Å². The van der Waals surface area contributed by atoms with Crippen LogP contribution in [-0.2, 0) is 14.3 Å². The van der Waals surface area contributed by atoms with Gasteiger partial charge in [0.2, 0.25) is 12.1 Å². The van der Waals surface area contributed by atoms with E-state index in [9.17, 15) is 4.79 Å². The van der Waals surface area contributed by atoms with Gasteiger partial charge >= 0.3 is 0 Å². The summed E-state index contributed by atoms with van der Waals surface area (Å²) in [7, 11) is 0. The number of nitrogens with one attached hydrogen (secondary N) is 2. The number of amidine groups is 1. The van der Waals surface area contributed by atoms with Crippen molar-refractivity contribution in [3.63, 3.8) is 0 Å². The molecule has 3 aromatic rings. The number of benzene rings is 2. The van der Waals surface area contributed by atoms with Gasteiger partial charge in [-0.05, 0) is 12.1 Å². The van der Waals surface area contributed by atoms with Crippen LogP contribution < -0.4 is 16.0 Å². The number of hydrogen-bond acceptors (Lipinski definition) is 8. The van der Waals surface area contributed by atoms with Gasteiger partial charge in [-0.15, -0.1) is 0 Å². The lowest BCUT2D eigenvalue weighted by Gasteiger charge is -2.30. The Morgan fingerprint density at radius 1 is 1.11 bits per heavy atom. The van der Waals surface area contributed by atoms with Crippen molar-refractivity contribution < 1.29 is 14.3 Å². The van der Waals surface area contributed by atoms with Crippen molar-refractivity contribution in [1.29, 1.82) is 5.41 Å². The van der Waals surface area contributed by atoms with E-state index in [0.29, 0.717) is 43.3 Å². The van der Waals surface area contributed by atoms with Gasteiger partial charge in [0, 0.05) is 30.4 Å². The number of carbonyl (C=O) groups is 1. The van der Waals surface area contributed by atoms with Crippen molar-refractivity contribution in [3.8, 4) is 0 Å². The highest BCUT2D eigenvalue weighted by Crippen LogP contribution is 2.25. The van der Waals surface area contributed by atoms with Gasteiger partial charge in [-0.1, -0.05) is 48.5 Å². The van der Waals surface area contributed by atoms with Crippen LogP contribution in [0.2, 0.25) is 0 Å². The third kappa shape index (κ3) is 4.93. The number of anilines is 2. The molecule has 0 aliphatic carbocycles. The van der Waals surface area contributed by atoms with Crippen LogP contribution in [0.5, 0.6) is 0 Å². The average molecular weight is 484 g/mol. The SMILES string of the molecule is N=C(O/C(N)=N/C1N=C(c2ccccc2)c2ccccc2NC1=O)c1ccncc1N1CCOCC1. The quantitative estimate of drug-likeness (QED) is 0.385. The summed E-state index contributed by atoms with van der Waals surface area (Å²) < 4.78 is 11.0. The zero-order valence-electron chi connectivity index (χ0n) is 19.4. The highest BCUT2D eigenvalue weighted by molar-refractivity contribution is 6.19. The summed E-state index contributed by atoms with van der Waals surface area (Å²) in [6.45, 7) is 2.53. The molecule has 36 heavy (non-hydrogen) atoms. The molecule has 0 spiro atoms. The van der Waals surface area contributed by atoms with E-state index < -0.39 is 12.1 Å². The highest BCUT2D eigenvalue weighted by atomic mass is 16.5. The number of amides is 1. The number of carbonyl (C=O) groups excluding carboxylic acids is 1. The summed E-state index contributed by atoms with van der Waals surface area (Å²) in [5, 5.41) is 11.4. The largest absolute Gasteiger partial charge is 0.407 e. The van der Waals surface area contributed by atoms with Crippen LogP contribution in [0.3, 0.4) is 0 Å². The number of nitrogens with two attached hydrogens (primary N) is 1. The van der Waals surface area contributed by atoms with E-state index in [1.54, 1.807) is 18.5 Å². The molecule has 5 rings (SSSR count). The van der Waals surface area contributed by atoms with E-state index in [0.717, 1.165) is 16.8 Å². The molecule has 2 aliphatic rings. The van der Waals surface area contributed by atoms with Gasteiger partial charge in [-0.25, -0.2) is 4.99 Å². The first-order valence-corrected chi connectivity index (χ1v) is 11.5. The average Bonchev–Trinajstić information content (AvgIpc) is 3.05. The molecule has 10 nitrogen and oxygen atoms in total. The minimum atomic E-state index is -1.20. The van der Waals surface area contributed by atoms with Gasteiger partial charge in [0.15, 0.2) is 0 Å². The Morgan fingerprint density at radius 2 is 1.86 bits per heavy atom. The molecule has 1 atom stereocenters. The number of aromatic nitrogens is 1. The second kappa shape index (κ2) is 10.4. The molecule has 4 N–H and O–H groups in total. The number of fused-ring (bicyclic) bond motifs is 1. The maximum absolute atomic E-state index is 13.0. The van der Waals surface area contributed by atoms with E-state index in [2.05, 4.69) is 25.2 Å². The van der Waals surface area contributed by atoms with Gasteiger partial charge in [-0.3, -0.25) is 15.2 Å². The van der Waals surface area contributed by atoms with Crippen LogP contribution in [0.4, 0.5) is 11.4 Å². The maximum Gasteiger partial charge on any atom is 0.291 e. The Bertz CT molecular complexity index is 1330. The van der Waals surface area contributed by atoms with Crippen molar-refractivity contribution in [3.05, 3.63) is 89.7 Å². The van der Waals surface area contributed by atoms with E-state index in [1.165, 1.54) is 0 Å². The van der Waals surface area contributed by atoms with Crippen LogP contribution in [-0.4, -0.2) is 61.0 Å². The predicted octanol–water partition coefficient (Wildman–Crippen LogP) is 2.39. The lowest BCUT2D eigenvalue weighted by Crippen LogP contribution is -2.37. The summed E-state index contributed by atoms with van der Waals surface area (Å²) in [6, 6.07) is 18.3. The topological polar surface area (TPSA) is 138 Å². The number of benzodiazepines with no additional fused rings is 1. The summed E-state index contributed by atoms with van der Waals surface area (Å²) in [4.78, 5) is 28.1. The fourth-order valence-corrected chi connectivity index (χ4v) is 4.10. The van der Waals surface area contributed by atoms with E-state index in [1.807, 2.05) is 54.6 Å². The first kappa shape index (κ1) is 23.2. The minimum absolute atomic E-state index is 0.204. The molecule has 0 saturated carbocycles. The fourth-order valence-electron chi connectivity index (χ4n) is 4.10. The zero-order chi connectivity index (χ0) is 24.9. The summed E-state index contributed by atoms with van der Waals surface area (Å²) >= 11 is 0. The number of hydrogen-bond donors (Lipinski definition) is 3. The molecule has 1 amide bonds. The molecule has 1 aromatic heterocycles. The Balaban J connectivity index is 1.43. The molecule has 2 aliphatic heterocycles. The molecular formula is C26H25N7O3. The molecule has 10 heteroatoms. The summed E-state index contributed by atoms with van der Waals surface area (Å²) in [5.41, 5.74) is 10.1. The number of morpholine rings is 1. The van der Waals surface area contributed by atoms with Gasteiger partial charge in [0.05, 0.1) is 42.1 Å². The van der Waals surface area contributed by atoms with Crippen molar-refractivity contribution in [2.75, 3.05) is 36.5 Å². The normalized spacial score (nSPS) is 17.9. The van der Waals surface area contributed by atoms with E-state index in [-0.39, 0.29) is 11.9 Å². The van der Waals surface area contributed by atoms with Crippen molar-refractivity contribution in [2.45, 2.75) is 6.17 Å². The molecule has 0 radical (unpaired) electrons. The number of rotatable bonds is 4. The number of para-hydroxylation sites is 1. The Kier molecular flexibility index (Phi) is 6.67. The molecule has 182 valence electrons. The molecule has 0 bridgehead atoms. The maximum atomic E-state index is 13.0. The second-order valence-corrected chi connectivity index (χ2v) is 8.14. The Labute approximate surface area is 208 Å². The Hall–Kier alpha value is -4.57. The molecule has 1 saturated heterocycles. The first-order chi connectivity index (χ1) is 17.6. The molecular weight excluding hydrogens is 458 g/mol. The highest BCUT2D eigenvalue weighted by Gasteiger charge is 2.26. The Morgan fingerprint density at radius 3 is 2.67 bits per heavy atom. The lowest BCUT2D eigenvalue weighted by atomic mass is 10.0. The standard InChI is InChI=1S/C26H25N7O3/c27-23(19-10-11-29-16-21(19)33-12-14-35-15-13-33)36-26(28)32-24-25(34)30-20-9-5-4-8-18(20)22(31-24)17-6-2-1-3-7-17/h1-11,16,24,27H,12-15H2,(H2,28,32)(H,30,34). The number of nitrogens with zero attached hydrogens (tertiary/aromatic N) is 4. The lowest BCUT2D eigenvalue weighted by molar-refractivity contribution is -0.117. The predicted molar refractivity (Wildman–Crippen MR) is 138 cm³/mol. The van der Waals surface area contributed by atoms with Crippen LogP contribution in [0.25, 0.3) is 0 Å². The third-order valence-electron chi connectivity index (χ3n) is 5.83. The molecule has 1 fully saturated rings. The van der Waals surface area contributed by atoms with Gasteiger partial charge in [0.25, 0.3) is 11.9 Å². The summed E-state index contributed by atoms with van der Waals surface area (Å²) in [5.74, 6) is -0.658. The fraction of sp³-hybridized carbons (Fsp3) is 0.192. The zero-order valence-corrected chi connectivity index (χ0v) is 19.4. The van der Waals surface area contributed by atoms with Crippen molar-refractivity contribution in [1.82, 2.24) is 4.98 Å². The van der Waals surface area contributed by atoms with Crippen LogP contribution >= 0.6 is 0 Å². The smallest absolute Gasteiger partial charge is 0.291 e. The number of pyridine rings is 1. The summed E-state index contributed by atoms with van der Waals surface area (Å²) in [6.07, 6.45) is 2.06. The monoisotopic (exact) mass is 483 g/mol. The molecule has 1 unspecified atom stereocenters. The van der Waals surface area contributed by atoms with Gasteiger partial charge in [-0.2, -0.15) is 4.99 Å².